The Bertz CT molecular complexity index is 998. The quantitative estimate of drug-likeness (QED) is 0.449. The van der Waals surface area contributed by atoms with Gasteiger partial charge in [-0.15, -0.1) is 0 Å². The number of benzene rings is 2. The van der Waals surface area contributed by atoms with Crippen LogP contribution in [0, 0.1) is 28.1 Å². The highest BCUT2D eigenvalue weighted by molar-refractivity contribution is 5.75. The van der Waals surface area contributed by atoms with Crippen molar-refractivity contribution < 1.29 is 4.74 Å². The minimum absolute atomic E-state index is 0.0710. The van der Waals surface area contributed by atoms with Crippen LogP contribution in [0.1, 0.15) is 87.8 Å². The molecule has 3 saturated carbocycles. The Kier molecular flexibility index (Phi) is 6.06. The zero-order chi connectivity index (χ0) is 21.9. The van der Waals surface area contributed by atoms with Crippen LogP contribution < -0.4 is 4.74 Å². The van der Waals surface area contributed by atoms with Gasteiger partial charge in [-0.2, -0.15) is 10.5 Å². The molecule has 0 spiro atoms. The predicted molar refractivity (Wildman–Crippen MR) is 124 cm³/mol. The fourth-order valence-corrected chi connectivity index (χ4v) is 6.08. The lowest BCUT2D eigenvalue weighted by Gasteiger charge is -2.54. The van der Waals surface area contributed by atoms with Gasteiger partial charge in [0.05, 0.1) is 18.2 Å². The summed E-state index contributed by atoms with van der Waals surface area (Å²) in [7, 11) is 1.64. The lowest BCUT2D eigenvalue weighted by atomic mass is 9.50. The Hall–Kier alpha value is -2.78. The maximum absolute atomic E-state index is 10.1. The summed E-state index contributed by atoms with van der Waals surface area (Å²) >= 11 is 0. The minimum Gasteiger partial charge on any atom is -0.497 e. The first-order chi connectivity index (χ1) is 15.1. The Morgan fingerprint density at radius 1 is 0.839 bits per heavy atom. The maximum atomic E-state index is 10.1. The van der Waals surface area contributed by atoms with Gasteiger partial charge in [-0.25, -0.2) is 0 Å². The summed E-state index contributed by atoms with van der Waals surface area (Å²) in [5.74, 6) is 0.783. The molecule has 0 aromatic heterocycles. The fraction of sp³-hybridized carbons (Fsp3) is 0.500. The third kappa shape index (κ3) is 3.83. The molecule has 2 aromatic carbocycles. The topological polar surface area (TPSA) is 56.8 Å². The number of nitrogens with zero attached hydrogens (tertiary/aromatic N) is 2. The Morgan fingerprint density at radius 2 is 1.48 bits per heavy atom. The van der Waals surface area contributed by atoms with E-state index >= 15 is 0 Å². The monoisotopic (exact) mass is 412 g/mol. The summed E-state index contributed by atoms with van der Waals surface area (Å²) in [4.78, 5) is 0. The summed E-state index contributed by atoms with van der Waals surface area (Å²) in [6.45, 7) is 2.27. The van der Waals surface area contributed by atoms with Crippen LogP contribution in [0.3, 0.4) is 0 Å². The number of fused-ring (bicyclic) bond motifs is 3. The Balaban J connectivity index is 1.66. The molecule has 2 aromatic rings. The zero-order valence-electron chi connectivity index (χ0n) is 18.8. The first-order valence-electron chi connectivity index (χ1n) is 11.7. The van der Waals surface area contributed by atoms with E-state index in [1.165, 1.54) is 44.9 Å². The summed E-state index contributed by atoms with van der Waals surface area (Å²) < 4.78 is 5.26. The van der Waals surface area contributed by atoms with Crippen LogP contribution in [0.5, 0.6) is 5.75 Å². The van der Waals surface area contributed by atoms with E-state index in [-0.39, 0.29) is 5.41 Å². The van der Waals surface area contributed by atoms with Crippen molar-refractivity contribution in [1.29, 1.82) is 10.5 Å². The highest BCUT2D eigenvalue weighted by Gasteiger charge is 2.49. The Morgan fingerprint density at radius 3 is 2.03 bits per heavy atom. The van der Waals surface area contributed by atoms with E-state index in [0.717, 1.165) is 41.7 Å². The molecule has 5 rings (SSSR count). The molecule has 0 aliphatic heterocycles. The lowest BCUT2D eigenvalue weighted by molar-refractivity contribution is 0.0304. The molecule has 0 unspecified atom stereocenters. The van der Waals surface area contributed by atoms with Crippen molar-refractivity contribution in [3.05, 3.63) is 53.1 Å². The summed E-state index contributed by atoms with van der Waals surface area (Å²) in [5.41, 5.74) is 4.61. The molecule has 0 radical (unpaired) electrons. The fourth-order valence-electron chi connectivity index (χ4n) is 6.08. The lowest BCUT2D eigenvalue weighted by Crippen LogP contribution is -2.44. The van der Waals surface area contributed by atoms with Gasteiger partial charge in [-0.05, 0) is 79.0 Å². The van der Waals surface area contributed by atoms with Gasteiger partial charge in [-0.3, -0.25) is 0 Å². The first kappa shape index (κ1) is 21.5. The number of methoxy groups -OCH3 is 1. The van der Waals surface area contributed by atoms with E-state index in [4.69, 9.17) is 4.74 Å². The molecule has 3 nitrogen and oxygen atoms in total. The summed E-state index contributed by atoms with van der Waals surface area (Å²) in [5, 5.41) is 20.1. The largest absolute Gasteiger partial charge is 0.497 e. The molecule has 31 heavy (non-hydrogen) atoms. The van der Waals surface area contributed by atoms with Gasteiger partial charge in [0.25, 0.3) is 0 Å². The second-order valence-corrected chi connectivity index (χ2v) is 9.60. The highest BCUT2D eigenvalue weighted by Crippen LogP contribution is 2.60. The second-order valence-electron chi connectivity index (χ2n) is 9.60. The predicted octanol–water partition coefficient (Wildman–Crippen LogP) is 7.28. The molecule has 0 saturated heterocycles. The van der Waals surface area contributed by atoms with Crippen molar-refractivity contribution >= 4 is 0 Å². The number of unbranched alkanes of at least 4 members (excludes halogenated alkanes) is 2. The van der Waals surface area contributed by atoms with Crippen LogP contribution in [0.15, 0.2) is 36.4 Å². The van der Waals surface area contributed by atoms with E-state index in [1.54, 1.807) is 7.11 Å². The van der Waals surface area contributed by atoms with Crippen LogP contribution in [0.25, 0.3) is 11.1 Å². The molecular formula is C28H32N2O. The summed E-state index contributed by atoms with van der Waals surface area (Å²) in [6, 6.07) is 16.7. The van der Waals surface area contributed by atoms with Crippen molar-refractivity contribution in [1.82, 2.24) is 0 Å². The molecule has 2 bridgehead atoms. The van der Waals surface area contributed by atoms with Crippen LogP contribution in [0.2, 0.25) is 0 Å². The molecule has 3 fully saturated rings. The third-order valence-corrected chi connectivity index (χ3v) is 8.11. The van der Waals surface area contributed by atoms with E-state index in [2.05, 4.69) is 31.2 Å². The van der Waals surface area contributed by atoms with Gasteiger partial charge in [0.1, 0.15) is 17.9 Å². The number of nitriles is 2. The van der Waals surface area contributed by atoms with E-state index in [9.17, 15) is 10.5 Å². The van der Waals surface area contributed by atoms with Crippen LogP contribution in [0.4, 0.5) is 0 Å². The van der Waals surface area contributed by atoms with Crippen LogP contribution >= 0.6 is 0 Å². The van der Waals surface area contributed by atoms with Crippen molar-refractivity contribution in [2.24, 2.45) is 5.41 Å². The molecule has 3 heteroatoms. The van der Waals surface area contributed by atoms with E-state index < -0.39 is 0 Å². The standard InChI is InChI=1S/C28H32N2O/c1-3-4-5-12-27-13-16-28(17-14-27,18-15-27)26-11-10-23(24(19-29)25(26)20-30)21-6-8-22(31-2)9-7-21/h6-11H,3-5,12-18H2,1-2H3. The molecular weight excluding hydrogens is 380 g/mol. The molecule has 0 atom stereocenters. The van der Waals surface area contributed by atoms with Gasteiger partial charge < -0.3 is 4.74 Å². The SMILES string of the molecule is CCCCCC12CCC(c3ccc(-c4ccc(OC)cc4)c(C#N)c3C#N)(CC1)CC2. The average molecular weight is 413 g/mol. The molecule has 0 heterocycles. The van der Waals surface area contributed by atoms with Crippen molar-refractivity contribution in [3.63, 3.8) is 0 Å². The second kappa shape index (κ2) is 8.76. The van der Waals surface area contributed by atoms with Gasteiger partial charge in [0.2, 0.25) is 0 Å². The van der Waals surface area contributed by atoms with Crippen LogP contribution in [-0.4, -0.2) is 7.11 Å². The minimum atomic E-state index is 0.0710. The maximum Gasteiger partial charge on any atom is 0.118 e. The number of hydrogen-bond donors (Lipinski definition) is 0. The third-order valence-electron chi connectivity index (χ3n) is 8.11. The number of hydrogen-bond acceptors (Lipinski definition) is 3. The average Bonchev–Trinajstić information content (AvgIpc) is 2.84. The smallest absolute Gasteiger partial charge is 0.118 e. The van der Waals surface area contributed by atoms with Gasteiger partial charge in [0.15, 0.2) is 0 Å². The van der Waals surface area contributed by atoms with Crippen molar-refractivity contribution in [3.8, 4) is 29.0 Å². The number of rotatable bonds is 7. The molecule has 3 aliphatic carbocycles. The van der Waals surface area contributed by atoms with Gasteiger partial charge in [-0.1, -0.05) is 50.5 Å². The first-order valence-corrected chi connectivity index (χ1v) is 11.7. The molecule has 160 valence electrons. The summed E-state index contributed by atoms with van der Waals surface area (Å²) in [6.07, 6.45) is 12.6. The van der Waals surface area contributed by atoms with E-state index in [0.29, 0.717) is 16.5 Å². The normalized spacial score (nSPS) is 24.4. The van der Waals surface area contributed by atoms with Crippen LogP contribution in [-0.2, 0) is 5.41 Å². The molecule has 0 amide bonds. The van der Waals surface area contributed by atoms with Crippen molar-refractivity contribution in [2.75, 3.05) is 7.11 Å². The van der Waals surface area contributed by atoms with Crippen molar-refractivity contribution in [2.45, 2.75) is 76.5 Å². The van der Waals surface area contributed by atoms with Gasteiger partial charge >= 0.3 is 0 Å². The van der Waals surface area contributed by atoms with E-state index in [1.807, 2.05) is 24.3 Å². The highest BCUT2D eigenvalue weighted by atomic mass is 16.5. The number of ether oxygens (including phenoxy) is 1. The molecule has 3 aliphatic rings. The Labute approximate surface area is 186 Å². The molecule has 0 N–H and O–H groups in total. The zero-order valence-corrected chi connectivity index (χ0v) is 18.8. The van der Waals surface area contributed by atoms with Gasteiger partial charge in [0, 0.05) is 5.56 Å².